The van der Waals surface area contributed by atoms with E-state index in [1.807, 2.05) is 20.0 Å². The molecule has 2 rings (SSSR count). The predicted molar refractivity (Wildman–Crippen MR) is 76.3 cm³/mol. The van der Waals surface area contributed by atoms with Gasteiger partial charge < -0.3 is 10.6 Å². The Labute approximate surface area is 111 Å². The van der Waals surface area contributed by atoms with Gasteiger partial charge in [-0.1, -0.05) is 11.8 Å². The van der Waals surface area contributed by atoms with Crippen molar-refractivity contribution in [3.8, 4) is 0 Å². The van der Waals surface area contributed by atoms with E-state index < -0.39 is 0 Å². The van der Waals surface area contributed by atoms with Gasteiger partial charge in [0.1, 0.15) is 17.2 Å². The lowest BCUT2D eigenvalue weighted by Gasteiger charge is -2.05. The highest BCUT2D eigenvalue weighted by molar-refractivity contribution is 7.99. The summed E-state index contributed by atoms with van der Waals surface area (Å²) in [5, 5.41) is 7.22. The van der Waals surface area contributed by atoms with Crippen molar-refractivity contribution in [2.24, 2.45) is 0 Å². The van der Waals surface area contributed by atoms with Crippen molar-refractivity contribution in [3.05, 3.63) is 36.7 Å². The summed E-state index contributed by atoms with van der Waals surface area (Å²) in [7, 11) is 1.91. The maximum absolute atomic E-state index is 4.26. The molecule has 0 saturated heterocycles. The van der Waals surface area contributed by atoms with E-state index >= 15 is 0 Å². The van der Waals surface area contributed by atoms with Crippen molar-refractivity contribution in [1.29, 1.82) is 0 Å². The Hall–Kier alpha value is -1.75. The molecule has 1 aromatic heterocycles. The zero-order chi connectivity index (χ0) is 12.8. The van der Waals surface area contributed by atoms with Crippen LogP contribution in [0.4, 0.5) is 11.5 Å². The molecule has 0 radical (unpaired) electrons. The van der Waals surface area contributed by atoms with Crippen LogP contribution in [0.3, 0.4) is 0 Å². The minimum atomic E-state index is 0.859. The number of hydrogen-bond acceptors (Lipinski definition) is 5. The first-order chi connectivity index (χ1) is 8.81. The van der Waals surface area contributed by atoms with Crippen LogP contribution in [0.2, 0.25) is 0 Å². The van der Waals surface area contributed by atoms with E-state index in [1.54, 1.807) is 18.1 Å². The molecule has 1 heterocycles. The van der Waals surface area contributed by atoms with E-state index in [0.29, 0.717) is 0 Å². The average molecular weight is 260 g/mol. The van der Waals surface area contributed by atoms with Crippen LogP contribution in [-0.4, -0.2) is 23.6 Å². The topological polar surface area (TPSA) is 49.8 Å². The molecule has 2 N–H and O–H groups in total. The quantitative estimate of drug-likeness (QED) is 0.809. The largest absolute Gasteiger partial charge is 0.388 e. The molecule has 0 fully saturated rings. The first-order valence-corrected chi connectivity index (χ1v) is 6.65. The Morgan fingerprint density at radius 2 is 1.94 bits per heavy atom. The van der Waals surface area contributed by atoms with Gasteiger partial charge in [-0.15, -0.1) is 0 Å². The SMILES string of the molecule is CCNc1cc(Sc2ccc(NC)cc2)ncn1. The summed E-state index contributed by atoms with van der Waals surface area (Å²) in [6.07, 6.45) is 1.59. The Morgan fingerprint density at radius 3 is 2.61 bits per heavy atom. The number of anilines is 2. The molecule has 0 aliphatic heterocycles. The molecule has 0 aliphatic rings. The minimum Gasteiger partial charge on any atom is -0.388 e. The van der Waals surface area contributed by atoms with Crippen LogP contribution in [0.25, 0.3) is 0 Å². The summed E-state index contributed by atoms with van der Waals surface area (Å²) in [6, 6.07) is 10.2. The van der Waals surface area contributed by atoms with Gasteiger partial charge in [0, 0.05) is 30.2 Å². The summed E-state index contributed by atoms with van der Waals surface area (Å²) >= 11 is 1.63. The number of nitrogens with zero attached hydrogens (tertiary/aromatic N) is 2. The minimum absolute atomic E-state index is 0.859. The number of aromatic nitrogens is 2. The second-order valence-electron chi connectivity index (χ2n) is 3.65. The molecule has 0 spiro atoms. The van der Waals surface area contributed by atoms with Crippen LogP contribution in [0.1, 0.15) is 6.92 Å². The number of rotatable bonds is 5. The van der Waals surface area contributed by atoms with Crippen molar-refractivity contribution >= 4 is 23.3 Å². The zero-order valence-electron chi connectivity index (χ0n) is 10.5. The molecule has 4 nitrogen and oxygen atoms in total. The van der Waals surface area contributed by atoms with Crippen LogP contribution in [0.15, 0.2) is 46.6 Å². The van der Waals surface area contributed by atoms with Crippen LogP contribution >= 0.6 is 11.8 Å². The van der Waals surface area contributed by atoms with Gasteiger partial charge in [-0.2, -0.15) is 0 Å². The van der Waals surface area contributed by atoms with Gasteiger partial charge in [0.25, 0.3) is 0 Å². The first-order valence-electron chi connectivity index (χ1n) is 5.83. The summed E-state index contributed by atoms with van der Waals surface area (Å²) in [5.74, 6) is 0.863. The van der Waals surface area contributed by atoms with Gasteiger partial charge in [0.15, 0.2) is 0 Å². The molecular weight excluding hydrogens is 244 g/mol. The van der Waals surface area contributed by atoms with Gasteiger partial charge in [0.05, 0.1) is 0 Å². The molecule has 0 unspecified atom stereocenters. The van der Waals surface area contributed by atoms with E-state index in [4.69, 9.17) is 0 Å². The van der Waals surface area contributed by atoms with Crippen molar-refractivity contribution in [2.75, 3.05) is 24.2 Å². The molecular formula is C13H16N4S. The number of nitrogens with one attached hydrogen (secondary N) is 2. The second-order valence-corrected chi connectivity index (χ2v) is 4.74. The van der Waals surface area contributed by atoms with E-state index in [9.17, 15) is 0 Å². The zero-order valence-corrected chi connectivity index (χ0v) is 11.3. The van der Waals surface area contributed by atoms with Crippen LogP contribution in [-0.2, 0) is 0 Å². The summed E-state index contributed by atoms with van der Waals surface area (Å²) < 4.78 is 0. The summed E-state index contributed by atoms with van der Waals surface area (Å²) in [6.45, 7) is 2.91. The number of hydrogen-bond donors (Lipinski definition) is 2. The van der Waals surface area contributed by atoms with Gasteiger partial charge in [-0.25, -0.2) is 9.97 Å². The molecule has 1 aromatic carbocycles. The Kier molecular flexibility index (Phi) is 4.41. The fraction of sp³-hybridized carbons (Fsp3) is 0.231. The standard InChI is InChI=1S/C13H16N4S/c1-3-15-12-8-13(17-9-16-12)18-11-6-4-10(14-2)5-7-11/h4-9,14H,3H2,1-2H3,(H,15,16,17). The molecule has 0 aliphatic carbocycles. The Bertz CT molecular complexity index is 499. The third kappa shape index (κ3) is 3.37. The van der Waals surface area contributed by atoms with Gasteiger partial charge in [-0.05, 0) is 31.2 Å². The second kappa shape index (κ2) is 6.26. The lowest BCUT2D eigenvalue weighted by atomic mass is 10.3. The number of benzene rings is 1. The van der Waals surface area contributed by atoms with E-state index in [-0.39, 0.29) is 0 Å². The van der Waals surface area contributed by atoms with Crippen LogP contribution in [0.5, 0.6) is 0 Å². The predicted octanol–water partition coefficient (Wildman–Crippen LogP) is 3.10. The van der Waals surface area contributed by atoms with Crippen LogP contribution < -0.4 is 10.6 Å². The highest BCUT2D eigenvalue weighted by Gasteiger charge is 2.01. The molecule has 18 heavy (non-hydrogen) atoms. The first kappa shape index (κ1) is 12.7. The van der Waals surface area contributed by atoms with Crippen molar-refractivity contribution in [2.45, 2.75) is 16.8 Å². The monoisotopic (exact) mass is 260 g/mol. The molecule has 0 atom stereocenters. The highest BCUT2D eigenvalue weighted by Crippen LogP contribution is 2.27. The Balaban J connectivity index is 2.09. The van der Waals surface area contributed by atoms with E-state index in [2.05, 4.69) is 44.9 Å². The van der Waals surface area contributed by atoms with Gasteiger partial charge in [0.2, 0.25) is 0 Å². The summed E-state index contributed by atoms with van der Waals surface area (Å²) in [4.78, 5) is 9.57. The third-order valence-corrected chi connectivity index (χ3v) is 3.31. The molecule has 0 saturated carbocycles. The molecule has 0 amide bonds. The lowest BCUT2D eigenvalue weighted by molar-refractivity contribution is 1.03. The van der Waals surface area contributed by atoms with Gasteiger partial charge >= 0.3 is 0 Å². The fourth-order valence-corrected chi connectivity index (χ4v) is 2.27. The molecule has 2 aromatic rings. The highest BCUT2D eigenvalue weighted by atomic mass is 32.2. The molecule has 94 valence electrons. The Morgan fingerprint density at radius 1 is 1.17 bits per heavy atom. The normalized spacial score (nSPS) is 10.1. The maximum atomic E-state index is 4.26. The van der Waals surface area contributed by atoms with Crippen molar-refractivity contribution in [3.63, 3.8) is 0 Å². The van der Waals surface area contributed by atoms with Crippen molar-refractivity contribution < 1.29 is 0 Å². The molecule has 0 bridgehead atoms. The van der Waals surface area contributed by atoms with Crippen LogP contribution in [0, 0.1) is 0 Å². The van der Waals surface area contributed by atoms with Crippen molar-refractivity contribution in [1.82, 2.24) is 9.97 Å². The maximum Gasteiger partial charge on any atom is 0.130 e. The third-order valence-electron chi connectivity index (χ3n) is 2.37. The lowest BCUT2D eigenvalue weighted by Crippen LogP contribution is -1.99. The van der Waals surface area contributed by atoms with E-state index in [1.165, 1.54) is 0 Å². The summed E-state index contributed by atoms with van der Waals surface area (Å²) in [5.41, 5.74) is 1.11. The smallest absolute Gasteiger partial charge is 0.130 e. The van der Waals surface area contributed by atoms with E-state index in [0.717, 1.165) is 28.0 Å². The van der Waals surface area contributed by atoms with Gasteiger partial charge in [-0.3, -0.25) is 0 Å². The fourth-order valence-electron chi connectivity index (χ4n) is 1.48. The average Bonchev–Trinajstić information content (AvgIpc) is 2.40. The molecule has 5 heteroatoms.